The highest BCUT2D eigenvalue weighted by atomic mass is 16.5. The molecule has 5 nitrogen and oxygen atoms in total. The summed E-state index contributed by atoms with van der Waals surface area (Å²) in [7, 11) is 1.70. The van der Waals surface area contributed by atoms with E-state index in [9.17, 15) is 4.79 Å². The lowest BCUT2D eigenvalue weighted by Gasteiger charge is -2.31. The molecule has 1 N–H and O–H groups in total. The summed E-state index contributed by atoms with van der Waals surface area (Å²) in [5, 5.41) is 2.71. The smallest absolute Gasteiger partial charge is 0.317 e. The molecule has 2 amide bonds. The predicted molar refractivity (Wildman–Crippen MR) is 95.0 cm³/mol. The van der Waals surface area contributed by atoms with Crippen molar-refractivity contribution in [2.45, 2.75) is 25.8 Å². The lowest BCUT2D eigenvalue weighted by molar-refractivity contribution is 0.0342. The van der Waals surface area contributed by atoms with E-state index in [0.717, 1.165) is 65.2 Å². The molecule has 0 aromatic heterocycles. The molecule has 3 rings (SSSR count). The highest BCUT2D eigenvalue weighted by Crippen LogP contribution is 2.22. The van der Waals surface area contributed by atoms with Crippen LogP contribution in [0.1, 0.15) is 24.0 Å². The molecule has 0 unspecified atom stereocenters. The first-order chi connectivity index (χ1) is 11.7. The highest BCUT2D eigenvalue weighted by Gasteiger charge is 2.22. The Labute approximate surface area is 145 Å². The largest absolute Gasteiger partial charge is 0.379 e. The molecule has 0 aliphatic carbocycles. The molecule has 132 valence electrons. The van der Waals surface area contributed by atoms with Gasteiger partial charge >= 0.3 is 6.03 Å². The van der Waals surface area contributed by atoms with Crippen LogP contribution >= 0.6 is 0 Å². The average Bonchev–Trinajstić information content (AvgIpc) is 2.64. The van der Waals surface area contributed by atoms with Crippen molar-refractivity contribution in [2.24, 2.45) is 5.92 Å². The molecule has 0 atom stereocenters. The summed E-state index contributed by atoms with van der Waals surface area (Å²) >= 11 is 0. The molecule has 2 aliphatic heterocycles. The van der Waals surface area contributed by atoms with Crippen LogP contribution in [-0.4, -0.2) is 62.3 Å². The van der Waals surface area contributed by atoms with E-state index < -0.39 is 0 Å². The third kappa shape index (κ3) is 4.71. The van der Waals surface area contributed by atoms with Crippen LogP contribution < -0.4 is 5.32 Å². The lowest BCUT2D eigenvalue weighted by Crippen LogP contribution is -2.43. The number of urea groups is 1. The van der Waals surface area contributed by atoms with Gasteiger partial charge in [0.2, 0.25) is 0 Å². The van der Waals surface area contributed by atoms with Gasteiger partial charge in [-0.2, -0.15) is 0 Å². The molecule has 1 aromatic carbocycles. The molecule has 2 aliphatic rings. The SMILES string of the molecule is CNC(=O)N1CCC(Cc2ccc(CN3CCOCC3)cc2)CC1. The second kappa shape index (κ2) is 8.49. The molecular weight excluding hydrogens is 302 g/mol. The Morgan fingerprint density at radius 1 is 1.08 bits per heavy atom. The monoisotopic (exact) mass is 331 g/mol. The van der Waals surface area contributed by atoms with Crippen LogP contribution in [0.25, 0.3) is 0 Å². The van der Waals surface area contributed by atoms with E-state index >= 15 is 0 Å². The number of likely N-dealkylation sites (tertiary alicyclic amines) is 1. The molecule has 5 heteroatoms. The first-order valence-corrected chi connectivity index (χ1v) is 9.09. The molecular formula is C19H29N3O2. The molecule has 24 heavy (non-hydrogen) atoms. The van der Waals surface area contributed by atoms with Crippen LogP contribution in [0.4, 0.5) is 4.79 Å². The number of hydrogen-bond donors (Lipinski definition) is 1. The Hall–Kier alpha value is -1.59. The van der Waals surface area contributed by atoms with Gasteiger partial charge in [0.1, 0.15) is 0 Å². The molecule has 2 heterocycles. The zero-order chi connectivity index (χ0) is 16.8. The van der Waals surface area contributed by atoms with Crippen molar-refractivity contribution in [1.29, 1.82) is 0 Å². The van der Waals surface area contributed by atoms with Crippen molar-refractivity contribution in [2.75, 3.05) is 46.4 Å². The van der Waals surface area contributed by atoms with Crippen molar-refractivity contribution in [3.05, 3.63) is 35.4 Å². The molecule has 0 bridgehead atoms. The van der Waals surface area contributed by atoms with Gasteiger partial charge < -0.3 is 15.0 Å². The lowest BCUT2D eigenvalue weighted by atomic mass is 9.90. The van der Waals surface area contributed by atoms with E-state index in [-0.39, 0.29) is 6.03 Å². The van der Waals surface area contributed by atoms with Crippen LogP contribution in [0.3, 0.4) is 0 Å². The summed E-state index contributed by atoms with van der Waals surface area (Å²) < 4.78 is 5.40. The minimum Gasteiger partial charge on any atom is -0.379 e. The maximum atomic E-state index is 11.6. The molecule has 0 radical (unpaired) electrons. The zero-order valence-electron chi connectivity index (χ0n) is 14.7. The quantitative estimate of drug-likeness (QED) is 0.919. The number of benzene rings is 1. The van der Waals surface area contributed by atoms with Crippen molar-refractivity contribution < 1.29 is 9.53 Å². The van der Waals surface area contributed by atoms with E-state index in [2.05, 4.69) is 34.5 Å². The first kappa shape index (κ1) is 17.2. The maximum Gasteiger partial charge on any atom is 0.317 e. The fraction of sp³-hybridized carbons (Fsp3) is 0.632. The minimum absolute atomic E-state index is 0.0564. The van der Waals surface area contributed by atoms with Crippen molar-refractivity contribution in [1.82, 2.24) is 15.1 Å². The molecule has 0 spiro atoms. The average molecular weight is 331 g/mol. The predicted octanol–water partition coefficient (Wildman–Crippen LogP) is 2.11. The van der Waals surface area contributed by atoms with E-state index in [0.29, 0.717) is 5.92 Å². The van der Waals surface area contributed by atoms with Crippen molar-refractivity contribution in [3.8, 4) is 0 Å². The summed E-state index contributed by atoms with van der Waals surface area (Å²) in [6, 6.07) is 9.15. The van der Waals surface area contributed by atoms with Crippen LogP contribution in [0.15, 0.2) is 24.3 Å². The van der Waals surface area contributed by atoms with Gasteiger partial charge in [0.25, 0.3) is 0 Å². The van der Waals surface area contributed by atoms with Gasteiger partial charge in [-0.1, -0.05) is 24.3 Å². The summed E-state index contributed by atoms with van der Waals surface area (Å²) in [6.07, 6.45) is 3.32. The number of morpholine rings is 1. The van der Waals surface area contributed by atoms with Crippen molar-refractivity contribution in [3.63, 3.8) is 0 Å². The summed E-state index contributed by atoms with van der Waals surface area (Å²) in [5.41, 5.74) is 2.80. The second-order valence-electron chi connectivity index (χ2n) is 6.89. The van der Waals surface area contributed by atoms with Gasteiger partial charge in [-0.3, -0.25) is 4.90 Å². The Bertz CT molecular complexity index is 518. The Morgan fingerprint density at radius 3 is 2.33 bits per heavy atom. The fourth-order valence-electron chi connectivity index (χ4n) is 3.63. The molecule has 0 saturated carbocycles. The van der Waals surface area contributed by atoms with Gasteiger partial charge in [-0.05, 0) is 36.3 Å². The summed E-state index contributed by atoms with van der Waals surface area (Å²) in [4.78, 5) is 16.0. The normalized spacial score (nSPS) is 20.1. The Balaban J connectivity index is 1.45. The third-order valence-electron chi connectivity index (χ3n) is 5.17. The summed E-state index contributed by atoms with van der Waals surface area (Å²) in [6.45, 7) is 6.55. The van der Waals surface area contributed by atoms with Gasteiger partial charge in [0.05, 0.1) is 13.2 Å². The number of piperidine rings is 1. The van der Waals surface area contributed by atoms with Crippen LogP contribution in [0, 0.1) is 5.92 Å². The first-order valence-electron chi connectivity index (χ1n) is 9.09. The number of nitrogens with zero attached hydrogens (tertiary/aromatic N) is 2. The number of nitrogens with one attached hydrogen (secondary N) is 1. The van der Waals surface area contributed by atoms with Gasteiger partial charge in [0.15, 0.2) is 0 Å². The van der Waals surface area contributed by atoms with Crippen molar-refractivity contribution >= 4 is 6.03 Å². The highest BCUT2D eigenvalue weighted by molar-refractivity contribution is 5.73. The standard InChI is InChI=1S/C19H29N3O2/c1-20-19(23)22-8-6-17(7-9-22)14-16-2-4-18(5-3-16)15-21-10-12-24-13-11-21/h2-5,17H,6-15H2,1H3,(H,20,23). The van der Waals surface area contributed by atoms with Crippen LogP contribution in [-0.2, 0) is 17.7 Å². The van der Waals surface area contributed by atoms with E-state index in [1.54, 1.807) is 7.05 Å². The van der Waals surface area contributed by atoms with Gasteiger partial charge in [-0.25, -0.2) is 4.79 Å². The Kier molecular flexibility index (Phi) is 6.10. The van der Waals surface area contributed by atoms with Gasteiger partial charge in [-0.15, -0.1) is 0 Å². The molecule has 2 saturated heterocycles. The molecule has 1 aromatic rings. The van der Waals surface area contributed by atoms with E-state index in [1.807, 2.05) is 4.90 Å². The maximum absolute atomic E-state index is 11.6. The van der Waals surface area contributed by atoms with Gasteiger partial charge in [0, 0.05) is 39.8 Å². The topological polar surface area (TPSA) is 44.8 Å². The van der Waals surface area contributed by atoms with E-state index in [1.165, 1.54) is 11.1 Å². The number of carbonyl (C=O) groups excluding carboxylic acids is 1. The minimum atomic E-state index is 0.0564. The van der Waals surface area contributed by atoms with Crippen LogP contribution in [0.2, 0.25) is 0 Å². The second-order valence-corrected chi connectivity index (χ2v) is 6.89. The number of carbonyl (C=O) groups is 1. The number of rotatable bonds is 4. The zero-order valence-corrected chi connectivity index (χ0v) is 14.7. The fourth-order valence-corrected chi connectivity index (χ4v) is 3.63. The van der Waals surface area contributed by atoms with E-state index in [4.69, 9.17) is 4.74 Å². The number of ether oxygens (including phenoxy) is 1. The number of hydrogen-bond acceptors (Lipinski definition) is 3. The Morgan fingerprint density at radius 2 is 1.71 bits per heavy atom. The molecule has 2 fully saturated rings. The summed E-state index contributed by atoms with van der Waals surface area (Å²) in [5.74, 6) is 0.691. The van der Waals surface area contributed by atoms with Crippen LogP contribution in [0.5, 0.6) is 0 Å². The third-order valence-corrected chi connectivity index (χ3v) is 5.17. The number of amides is 2.